The van der Waals surface area contributed by atoms with E-state index in [-0.39, 0.29) is 0 Å². The molecule has 2 rings (SSSR count). The molecule has 1 heterocycles. The van der Waals surface area contributed by atoms with E-state index >= 15 is 0 Å². The quantitative estimate of drug-likeness (QED) is 0.774. The lowest BCUT2D eigenvalue weighted by molar-refractivity contribution is 0.199. The van der Waals surface area contributed by atoms with Crippen LogP contribution in [0.1, 0.15) is 12.5 Å². The second kappa shape index (κ2) is 5.84. The molecule has 17 heavy (non-hydrogen) atoms. The highest BCUT2D eigenvalue weighted by atomic mass is 16.5. The molecule has 0 saturated carbocycles. The van der Waals surface area contributed by atoms with Crippen LogP contribution in [-0.2, 0) is 17.8 Å². The SMILES string of the molecule is CCn1ccc2cccc(CNCCOC)c21. The summed E-state index contributed by atoms with van der Waals surface area (Å²) in [7, 11) is 1.73. The van der Waals surface area contributed by atoms with Gasteiger partial charge in [0.1, 0.15) is 0 Å². The van der Waals surface area contributed by atoms with E-state index in [1.807, 2.05) is 0 Å². The lowest BCUT2D eigenvalue weighted by Gasteiger charge is -2.09. The van der Waals surface area contributed by atoms with E-state index in [0.29, 0.717) is 0 Å². The molecule has 3 heteroatoms. The summed E-state index contributed by atoms with van der Waals surface area (Å²) in [5, 5.41) is 4.72. The standard InChI is InChI=1S/C14H20N2O/c1-3-16-9-7-12-5-4-6-13(14(12)16)11-15-8-10-17-2/h4-7,9,15H,3,8,10-11H2,1-2H3. The van der Waals surface area contributed by atoms with Gasteiger partial charge in [0.25, 0.3) is 0 Å². The summed E-state index contributed by atoms with van der Waals surface area (Å²) in [5.41, 5.74) is 2.70. The number of nitrogens with zero attached hydrogens (tertiary/aromatic N) is 1. The fraction of sp³-hybridized carbons (Fsp3) is 0.429. The third kappa shape index (κ3) is 2.68. The van der Waals surface area contributed by atoms with E-state index in [1.165, 1.54) is 16.5 Å². The maximum Gasteiger partial charge on any atom is 0.0587 e. The van der Waals surface area contributed by atoms with Crippen LogP contribution in [0.2, 0.25) is 0 Å². The van der Waals surface area contributed by atoms with Crippen LogP contribution in [0.5, 0.6) is 0 Å². The molecule has 2 aromatic rings. The Hall–Kier alpha value is -1.32. The Morgan fingerprint density at radius 1 is 1.29 bits per heavy atom. The van der Waals surface area contributed by atoms with Gasteiger partial charge in [0.15, 0.2) is 0 Å². The second-order valence-corrected chi connectivity index (χ2v) is 4.13. The highest BCUT2D eigenvalue weighted by Crippen LogP contribution is 2.20. The van der Waals surface area contributed by atoms with Gasteiger partial charge in [0, 0.05) is 32.9 Å². The van der Waals surface area contributed by atoms with Gasteiger partial charge in [0.2, 0.25) is 0 Å². The molecule has 1 aromatic heterocycles. The molecule has 0 unspecified atom stereocenters. The number of rotatable bonds is 6. The monoisotopic (exact) mass is 232 g/mol. The van der Waals surface area contributed by atoms with Crippen LogP contribution in [0.3, 0.4) is 0 Å². The van der Waals surface area contributed by atoms with Crippen molar-refractivity contribution < 1.29 is 4.74 Å². The highest BCUT2D eigenvalue weighted by molar-refractivity contribution is 5.83. The molecule has 1 N–H and O–H groups in total. The van der Waals surface area contributed by atoms with Gasteiger partial charge in [-0.25, -0.2) is 0 Å². The van der Waals surface area contributed by atoms with Gasteiger partial charge in [-0.15, -0.1) is 0 Å². The van der Waals surface area contributed by atoms with E-state index in [0.717, 1.165) is 26.2 Å². The minimum absolute atomic E-state index is 0.755. The molecule has 1 aromatic carbocycles. The molecular weight excluding hydrogens is 212 g/mol. The van der Waals surface area contributed by atoms with Gasteiger partial charge < -0.3 is 14.6 Å². The fourth-order valence-electron chi connectivity index (χ4n) is 2.14. The Labute approximate surface area is 102 Å². The van der Waals surface area contributed by atoms with Crippen molar-refractivity contribution in [3.05, 3.63) is 36.0 Å². The summed E-state index contributed by atoms with van der Waals surface area (Å²) in [4.78, 5) is 0. The summed E-state index contributed by atoms with van der Waals surface area (Å²) in [5.74, 6) is 0. The summed E-state index contributed by atoms with van der Waals surface area (Å²) in [6.45, 7) is 5.72. The zero-order valence-electron chi connectivity index (χ0n) is 10.6. The minimum Gasteiger partial charge on any atom is -0.383 e. The molecule has 0 spiro atoms. The summed E-state index contributed by atoms with van der Waals surface area (Å²) >= 11 is 0. The third-order valence-corrected chi connectivity index (χ3v) is 3.01. The molecule has 3 nitrogen and oxygen atoms in total. The number of para-hydroxylation sites is 1. The van der Waals surface area contributed by atoms with Crippen molar-refractivity contribution >= 4 is 10.9 Å². The van der Waals surface area contributed by atoms with E-state index in [1.54, 1.807) is 7.11 Å². The molecule has 0 atom stereocenters. The zero-order valence-corrected chi connectivity index (χ0v) is 10.6. The first-order valence-electron chi connectivity index (χ1n) is 6.13. The van der Waals surface area contributed by atoms with Crippen LogP contribution in [0.15, 0.2) is 30.5 Å². The lowest BCUT2D eigenvalue weighted by atomic mass is 10.1. The van der Waals surface area contributed by atoms with Gasteiger partial charge in [-0.2, -0.15) is 0 Å². The Morgan fingerprint density at radius 2 is 2.18 bits per heavy atom. The average Bonchev–Trinajstić information content (AvgIpc) is 2.78. The predicted octanol–water partition coefficient (Wildman–Crippen LogP) is 2.40. The first-order valence-corrected chi connectivity index (χ1v) is 6.13. The topological polar surface area (TPSA) is 26.2 Å². The van der Waals surface area contributed by atoms with Crippen molar-refractivity contribution in [1.29, 1.82) is 0 Å². The van der Waals surface area contributed by atoms with Crippen molar-refractivity contribution in [2.75, 3.05) is 20.3 Å². The van der Waals surface area contributed by atoms with Gasteiger partial charge in [-0.05, 0) is 23.9 Å². The van der Waals surface area contributed by atoms with Crippen LogP contribution < -0.4 is 5.32 Å². The zero-order chi connectivity index (χ0) is 12.1. The number of hydrogen-bond donors (Lipinski definition) is 1. The third-order valence-electron chi connectivity index (χ3n) is 3.01. The largest absolute Gasteiger partial charge is 0.383 e. The second-order valence-electron chi connectivity index (χ2n) is 4.13. The van der Waals surface area contributed by atoms with Gasteiger partial charge >= 0.3 is 0 Å². The Kier molecular flexibility index (Phi) is 4.18. The molecule has 92 valence electrons. The minimum atomic E-state index is 0.755. The summed E-state index contributed by atoms with van der Waals surface area (Å²) in [6.07, 6.45) is 2.16. The molecule has 0 amide bonds. The molecule has 0 bridgehead atoms. The molecular formula is C14H20N2O. The molecule has 0 fully saturated rings. The van der Waals surface area contributed by atoms with Crippen LogP contribution >= 0.6 is 0 Å². The van der Waals surface area contributed by atoms with E-state index in [2.05, 4.69) is 47.3 Å². The van der Waals surface area contributed by atoms with E-state index in [9.17, 15) is 0 Å². The van der Waals surface area contributed by atoms with Gasteiger partial charge in [-0.1, -0.05) is 18.2 Å². The first-order chi connectivity index (χ1) is 8.36. The number of benzene rings is 1. The van der Waals surface area contributed by atoms with Crippen molar-refractivity contribution in [3.63, 3.8) is 0 Å². The molecule has 0 aliphatic carbocycles. The van der Waals surface area contributed by atoms with Gasteiger partial charge in [-0.3, -0.25) is 0 Å². The molecule has 0 aliphatic heterocycles. The van der Waals surface area contributed by atoms with Crippen molar-refractivity contribution in [1.82, 2.24) is 9.88 Å². The Bertz CT molecular complexity index is 476. The lowest BCUT2D eigenvalue weighted by Crippen LogP contribution is -2.19. The van der Waals surface area contributed by atoms with Crippen LogP contribution in [0.4, 0.5) is 0 Å². The maximum absolute atomic E-state index is 5.03. The van der Waals surface area contributed by atoms with Crippen molar-refractivity contribution in [3.8, 4) is 0 Å². The van der Waals surface area contributed by atoms with Gasteiger partial charge in [0.05, 0.1) is 12.1 Å². The number of methoxy groups -OCH3 is 1. The molecule has 0 saturated heterocycles. The summed E-state index contributed by atoms with van der Waals surface area (Å²) < 4.78 is 7.32. The predicted molar refractivity (Wildman–Crippen MR) is 71.2 cm³/mol. The normalized spacial score (nSPS) is 11.2. The fourth-order valence-corrected chi connectivity index (χ4v) is 2.14. The van der Waals surface area contributed by atoms with Crippen LogP contribution in [0, 0.1) is 0 Å². The first kappa shape index (κ1) is 12.1. The molecule has 0 radical (unpaired) electrons. The van der Waals surface area contributed by atoms with E-state index < -0.39 is 0 Å². The van der Waals surface area contributed by atoms with E-state index in [4.69, 9.17) is 4.74 Å². The highest BCUT2D eigenvalue weighted by Gasteiger charge is 2.04. The van der Waals surface area contributed by atoms with Crippen molar-refractivity contribution in [2.24, 2.45) is 0 Å². The Morgan fingerprint density at radius 3 is 2.94 bits per heavy atom. The summed E-state index contributed by atoms with van der Waals surface area (Å²) in [6, 6.07) is 8.65. The number of fused-ring (bicyclic) bond motifs is 1. The van der Waals surface area contributed by atoms with Crippen molar-refractivity contribution in [2.45, 2.75) is 20.0 Å². The average molecular weight is 232 g/mol. The molecule has 0 aliphatic rings. The maximum atomic E-state index is 5.03. The number of hydrogen-bond acceptors (Lipinski definition) is 2. The number of aromatic nitrogens is 1. The Balaban J connectivity index is 2.17. The number of aryl methyl sites for hydroxylation is 1. The smallest absolute Gasteiger partial charge is 0.0587 e. The number of ether oxygens (including phenoxy) is 1. The van der Waals surface area contributed by atoms with Crippen LogP contribution in [0.25, 0.3) is 10.9 Å². The number of nitrogens with one attached hydrogen (secondary N) is 1. The van der Waals surface area contributed by atoms with Crippen LogP contribution in [-0.4, -0.2) is 24.8 Å².